The molecule has 1 amide bonds. The van der Waals surface area contributed by atoms with Crippen LogP contribution in [0.2, 0.25) is 0 Å². The van der Waals surface area contributed by atoms with Gasteiger partial charge in [0.2, 0.25) is 0 Å². The van der Waals surface area contributed by atoms with Gasteiger partial charge >= 0.3 is 0 Å². The van der Waals surface area contributed by atoms with Crippen molar-refractivity contribution >= 4 is 60.5 Å². The number of aryl methyl sites for hydroxylation is 1. The lowest BCUT2D eigenvalue weighted by Crippen LogP contribution is -2.17. The number of amides is 1. The molecule has 9 heteroatoms. The Bertz CT molecular complexity index is 730. The Morgan fingerprint density at radius 3 is 2.86 bits per heavy atom. The van der Waals surface area contributed by atoms with E-state index in [1.54, 1.807) is 19.1 Å². The van der Waals surface area contributed by atoms with Crippen molar-refractivity contribution in [2.24, 2.45) is 5.10 Å². The van der Waals surface area contributed by atoms with Crippen molar-refractivity contribution in [3.05, 3.63) is 37.2 Å². The summed E-state index contributed by atoms with van der Waals surface area (Å²) in [6.07, 6.45) is 1.35. The van der Waals surface area contributed by atoms with Gasteiger partial charge in [0.15, 0.2) is 5.13 Å². The van der Waals surface area contributed by atoms with Gasteiger partial charge in [-0.05, 0) is 35.0 Å². The lowest BCUT2D eigenvalue weighted by molar-refractivity contribution is 0.0958. The number of hydrogen-bond donors (Lipinski definition) is 3. The van der Waals surface area contributed by atoms with Crippen molar-refractivity contribution in [2.75, 3.05) is 5.73 Å². The maximum absolute atomic E-state index is 11.9. The maximum Gasteiger partial charge on any atom is 0.283 e. The summed E-state index contributed by atoms with van der Waals surface area (Å²) in [5.74, 6) is -0.360. The number of halogens is 2. The molecule has 4 N–H and O–H groups in total. The van der Waals surface area contributed by atoms with Crippen LogP contribution < -0.4 is 11.2 Å². The highest BCUT2D eigenvalue weighted by atomic mass is 79.9. The molecule has 1 heterocycles. The molecule has 110 valence electrons. The molecule has 0 bridgehead atoms. The molecule has 0 unspecified atom stereocenters. The van der Waals surface area contributed by atoms with Gasteiger partial charge in [0.25, 0.3) is 5.91 Å². The number of rotatable bonds is 3. The minimum absolute atomic E-state index is 0.0365. The van der Waals surface area contributed by atoms with E-state index in [1.165, 1.54) is 6.21 Å². The van der Waals surface area contributed by atoms with Crippen LogP contribution in [0.25, 0.3) is 0 Å². The van der Waals surface area contributed by atoms with E-state index in [4.69, 9.17) is 5.73 Å². The Hall–Kier alpha value is -1.45. The summed E-state index contributed by atoms with van der Waals surface area (Å²) in [7, 11) is 0. The van der Waals surface area contributed by atoms with Crippen LogP contribution in [0.3, 0.4) is 0 Å². The predicted octanol–water partition coefficient (Wildman–Crippen LogP) is 3.03. The van der Waals surface area contributed by atoms with Crippen LogP contribution in [0.5, 0.6) is 5.75 Å². The van der Waals surface area contributed by atoms with E-state index in [0.717, 1.165) is 15.8 Å². The highest BCUT2D eigenvalue weighted by molar-refractivity contribution is 9.11. The van der Waals surface area contributed by atoms with Crippen molar-refractivity contribution in [3.63, 3.8) is 0 Å². The molecule has 1 aromatic heterocycles. The molecule has 21 heavy (non-hydrogen) atoms. The van der Waals surface area contributed by atoms with Crippen LogP contribution in [0.15, 0.2) is 26.2 Å². The summed E-state index contributed by atoms with van der Waals surface area (Å²) in [4.78, 5) is 16.3. The first kappa shape index (κ1) is 15.9. The summed E-state index contributed by atoms with van der Waals surface area (Å²) < 4.78 is 1.29. The molecule has 0 saturated heterocycles. The molecule has 0 aliphatic rings. The zero-order valence-corrected chi connectivity index (χ0v) is 14.7. The van der Waals surface area contributed by atoms with Crippen molar-refractivity contribution < 1.29 is 9.90 Å². The largest absolute Gasteiger partial charge is 0.506 e. The van der Waals surface area contributed by atoms with Crippen LogP contribution in [0.4, 0.5) is 5.13 Å². The predicted molar refractivity (Wildman–Crippen MR) is 89.8 cm³/mol. The summed E-state index contributed by atoms with van der Waals surface area (Å²) >= 11 is 7.62. The zero-order chi connectivity index (χ0) is 15.6. The Balaban J connectivity index is 2.13. The zero-order valence-electron chi connectivity index (χ0n) is 10.7. The summed E-state index contributed by atoms with van der Waals surface area (Å²) in [6, 6.07) is 3.38. The van der Waals surface area contributed by atoms with Gasteiger partial charge in [0, 0.05) is 10.0 Å². The number of nitrogens with zero attached hydrogens (tertiary/aromatic N) is 2. The van der Waals surface area contributed by atoms with Crippen LogP contribution >= 0.6 is 43.2 Å². The first-order valence-corrected chi connectivity index (χ1v) is 8.03. The summed E-state index contributed by atoms with van der Waals surface area (Å²) in [6.45, 7) is 1.70. The van der Waals surface area contributed by atoms with E-state index in [9.17, 15) is 9.90 Å². The third kappa shape index (κ3) is 3.80. The monoisotopic (exact) mass is 432 g/mol. The number of nitrogens with two attached hydrogens (primary N) is 1. The van der Waals surface area contributed by atoms with Gasteiger partial charge in [-0.15, -0.1) is 0 Å². The summed E-state index contributed by atoms with van der Waals surface area (Å²) in [5.41, 5.74) is 8.92. The number of thiazole rings is 1. The molecule has 1 aromatic carbocycles. The van der Waals surface area contributed by atoms with E-state index in [2.05, 4.69) is 47.4 Å². The van der Waals surface area contributed by atoms with Gasteiger partial charge in [0.1, 0.15) is 10.6 Å². The Kier molecular flexibility index (Phi) is 4.96. The van der Waals surface area contributed by atoms with E-state index < -0.39 is 5.91 Å². The average molecular weight is 434 g/mol. The maximum atomic E-state index is 11.9. The lowest BCUT2D eigenvalue weighted by atomic mass is 10.2. The molecule has 0 atom stereocenters. The highest BCUT2D eigenvalue weighted by Gasteiger charge is 2.13. The second-order valence-corrected chi connectivity index (χ2v) is 6.79. The number of carbonyl (C=O) groups is 1. The number of benzene rings is 1. The Morgan fingerprint density at radius 2 is 2.24 bits per heavy atom. The second kappa shape index (κ2) is 6.54. The second-order valence-electron chi connectivity index (χ2n) is 3.99. The SMILES string of the molecule is Cc1nc(N)sc1C(=O)NN=Cc1cc(Br)cc(Br)c1O. The number of aromatic nitrogens is 1. The number of nitrogen functional groups attached to an aromatic ring is 1. The molecule has 0 aliphatic heterocycles. The number of phenolic OH excluding ortho intramolecular Hbond substituents is 1. The van der Waals surface area contributed by atoms with Gasteiger partial charge in [0.05, 0.1) is 16.4 Å². The van der Waals surface area contributed by atoms with Crippen LogP contribution in [0, 0.1) is 6.92 Å². The molecule has 0 fully saturated rings. The van der Waals surface area contributed by atoms with Crippen molar-refractivity contribution in [1.29, 1.82) is 0 Å². The molecule has 0 radical (unpaired) electrons. The summed E-state index contributed by atoms with van der Waals surface area (Å²) in [5, 5.41) is 14.0. The minimum Gasteiger partial charge on any atom is -0.506 e. The molecule has 2 rings (SSSR count). The Morgan fingerprint density at radius 1 is 1.52 bits per heavy atom. The standard InChI is InChI=1S/C12H10Br2N4O2S/c1-5-10(21-12(15)17-5)11(20)18-16-4-6-2-7(13)3-8(14)9(6)19/h2-4,19H,1H3,(H2,15,17)(H,18,20). The third-order valence-electron chi connectivity index (χ3n) is 2.45. The van der Waals surface area contributed by atoms with E-state index in [-0.39, 0.29) is 5.75 Å². The molecular formula is C12H10Br2N4O2S. The molecule has 2 aromatic rings. The quantitative estimate of drug-likeness (QED) is 0.511. The molecule has 0 aliphatic carbocycles. The lowest BCUT2D eigenvalue weighted by Gasteiger charge is -2.03. The van der Waals surface area contributed by atoms with Crippen molar-refractivity contribution in [2.45, 2.75) is 6.92 Å². The minimum atomic E-state index is -0.397. The van der Waals surface area contributed by atoms with Crippen molar-refractivity contribution in [3.8, 4) is 5.75 Å². The first-order valence-electron chi connectivity index (χ1n) is 5.63. The van der Waals surface area contributed by atoms with Crippen molar-refractivity contribution in [1.82, 2.24) is 10.4 Å². The third-order valence-corrected chi connectivity index (χ3v) is 4.49. The van der Waals surface area contributed by atoms with Gasteiger partial charge in [-0.1, -0.05) is 27.3 Å². The van der Waals surface area contributed by atoms with Crippen LogP contribution in [0.1, 0.15) is 20.9 Å². The number of phenols is 1. The number of aromatic hydroxyl groups is 1. The number of nitrogens with one attached hydrogen (secondary N) is 1. The molecule has 6 nitrogen and oxygen atoms in total. The highest BCUT2D eigenvalue weighted by Crippen LogP contribution is 2.30. The first-order chi connectivity index (χ1) is 9.88. The van der Waals surface area contributed by atoms with Gasteiger partial charge in [-0.25, -0.2) is 10.4 Å². The number of hydrogen-bond acceptors (Lipinski definition) is 6. The smallest absolute Gasteiger partial charge is 0.283 e. The van der Waals surface area contributed by atoms with Crippen LogP contribution in [-0.2, 0) is 0 Å². The Labute approximate surface area is 141 Å². The number of anilines is 1. The van der Waals surface area contributed by atoms with Gasteiger partial charge in [-0.3, -0.25) is 4.79 Å². The average Bonchev–Trinajstić information content (AvgIpc) is 2.74. The normalized spacial score (nSPS) is 11.0. The fraction of sp³-hybridized carbons (Fsp3) is 0.0833. The number of hydrazone groups is 1. The van der Waals surface area contributed by atoms with Gasteiger partial charge < -0.3 is 10.8 Å². The van der Waals surface area contributed by atoms with E-state index in [0.29, 0.717) is 25.7 Å². The fourth-order valence-corrected chi connectivity index (χ4v) is 3.51. The molecular weight excluding hydrogens is 424 g/mol. The van der Waals surface area contributed by atoms with E-state index >= 15 is 0 Å². The van der Waals surface area contributed by atoms with Gasteiger partial charge in [-0.2, -0.15) is 5.10 Å². The molecule has 0 saturated carbocycles. The van der Waals surface area contributed by atoms with Crippen LogP contribution in [-0.4, -0.2) is 22.2 Å². The molecule has 0 spiro atoms. The number of carbonyl (C=O) groups excluding carboxylic acids is 1. The van der Waals surface area contributed by atoms with E-state index in [1.807, 2.05) is 0 Å². The fourth-order valence-electron chi connectivity index (χ4n) is 1.52. The topological polar surface area (TPSA) is 101 Å².